The number of likely N-dealkylation sites (N-methyl/N-ethyl adjacent to an activating group) is 1. The molecule has 0 radical (unpaired) electrons. The van der Waals surface area contributed by atoms with Gasteiger partial charge < -0.3 is 9.64 Å². The zero-order valence-electron chi connectivity index (χ0n) is 9.85. The van der Waals surface area contributed by atoms with E-state index in [-0.39, 0.29) is 5.97 Å². The van der Waals surface area contributed by atoms with Gasteiger partial charge in [0.25, 0.3) is 0 Å². The molecule has 1 rings (SSSR count). The summed E-state index contributed by atoms with van der Waals surface area (Å²) >= 11 is 0. The van der Waals surface area contributed by atoms with Crippen LogP contribution in [0.1, 0.15) is 12.1 Å². The van der Waals surface area contributed by atoms with Gasteiger partial charge in [-0.3, -0.25) is 9.78 Å². The Hall–Kier alpha value is -1.42. The Balaban J connectivity index is 2.20. The van der Waals surface area contributed by atoms with Gasteiger partial charge in [-0.25, -0.2) is 0 Å². The first-order valence-corrected chi connectivity index (χ1v) is 5.37. The molecule has 0 amide bonds. The number of nitrogens with zero attached hydrogens (tertiary/aromatic N) is 2. The van der Waals surface area contributed by atoms with Crippen molar-refractivity contribution in [1.82, 2.24) is 9.88 Å². The Morgan fingerprint density at radius 3 is 2.88 bits per heavy atom. The van der Waals surface area contributed by atoms with Gasteiger partial charge in [0.05, 0.1) is 13.5 Å². The van der Waals surface area contributed by atoms with Crippen LogP contribution in [0, 0.1) is 0 Å². The van der Waals surface area contributed by atoms with Crippen molar-refractivity contribution in [2.24, 2.45) is 0 Å². The lowest BCUT2D eigenvalue weighted by atomic mass is 10.2. The first-order valence-electron chi connectivity index (χ1n) is 5.37. The number of methoxy groups -OCH3 is 1. The SMILES string of the molecule is COC(=O)CCN(C)CCc1ccccn1. The van der Waals surface area contributed by atoms with Gasteiger partial charge in [-0.2, -0.15) is 0 Å². The molecule has 0 aliphatic carbocycles. The van der Waals surface area contributed by atoms with E-state index in [9.17, 15) is 4.79 Å². The summed E-state index contributed by atoms with van der Waals surface area (Å²) in [6.45, 7) is 1.62. The van der Waals surface area contributed by atoms with Crippen molar-refractivity contribution in [2.75, 3.05) is 27.2 Å². The lowest BCUT2D eigenvalue weighted by Gasteiger charge is -2.15. The van der Waals surface area contributed by atoms with Gasteiger partial charge in [0.1, 0.15) is 0 Å². The molecule has 0 aromatic carbocycles. The molecule has 0 saturated carbocycles. The topological polar surface area (TPSA) is 42.4 Å². The second kappa shape index (κ2) is 6.95. The third-order valence-corrected chi connectivity index (χ3v) is 2.40. The Bertz CT molecular complexity index is 314. The predicted octanol–water partition coefficient (Wildman–Crippen LogP) is 1.12. The van der Waals surface area contributed by atoms with Crippen molar-refractivity contribution < 1.29 is 9.53 Å². The maximum absolute atomic E-state index is 10.9. The van der Waals surface area contributed by atoms with Gasteiger partial charge >= 0.3 is 5.97 Å². The smallest absolute Gasteiger partial charge is 0.306 e. The largest absolute Gasteiger partial charge is 0.469 e. The number of esters is 1. The van der Waals surface area contributed by atoms with Crippen LogP contribution in [0.5, 0.6) is 0 Å². The van der Waals surface area contributed by atoms with Crippen LogP contribution in [0.4, 0.5) is 0 Å². The molecule has 0 spiro atoms. The number of rotatable bonds is 6. The third kappa shape index (κ3) is 4.89. The number of ether oxygens (including phenoxy) is 1. The summed E-state index contributed by atoms with van der Waals surface area (Å²) < 4.78 is 4.59. The Morgan fingerprint density at radius 2 is 2.25 bits per heavy atom. The molecule has 4 heteroatoms. The van der Waals surface area contributed by atoms with Crippen LogP contribution < -0.4 is 0 Å². The van der Waals surface area contributed by atoms with E-state index in [0.29, 0.717) is 6.42 Å². The lowest BCUT2D eigenvalue weighted by Crippen LogP contribution is -2.24. The van der Waals surface area contributed by atoms with Gasteiger partial charge in [0.2, 0.25) is 0 Å². The number of carbonyl (C=O) groups excluding carboxylic acids is 1. The number of aromatic nitrogens is 1. The van der Waals surface area contributed by atoms with Crippen molar-refractivity contribution in [3.63, 3.8) is 0 Å². The molecule has 0 aliphatic rings. The average molecular weight is 222 g/mol. The molecule has 0 aliphatic heterocycles. The molecule has 16 heavy (non-hydrogen) atoms. The van der Waals surface area contributed by atoms with Crippen LogP contribution in [0.3, 0.4) is 0 Å². The summed E-state index contributed by atoms with van der Waals surface area (Å²) in [6, 6.07) is 5.90. The fourth-order valence-electron chi connectivity index (χ4n) is 1.35. The molecule has 0 N–H and O–H groups in total. The van der Waals surface area contributed by atoms with Gasteiger partial charge in [-0.05, 0) is 19.2 Å². The summed E-state index contributed by atoms with van der Waals surface area (Å²) in [5, 5.41) is 0. The quantitative estimate of drug-likeness (QED) is 0.676. The zero-order chi connectivity index (χ0) is 11.8. The van der Waals surface area contributed by atoms with E-state index in [1.807, 2.05) is 25.2 Å². The maximum atomic E-state index is 10.9. The van der Waals surface area contributed by atoms with Crippen molar-refractivity contribution >= 4 is 5.97 Å². The predicted molar refractivity (Wildman–Crippen MR) is 62.1 cm³/mol. The normalized spacial score (nSPS) is 10.4. The van der Waals surface area contributed by atoms with Crippen LogP contribution in [-0.4, -0.2) is 43.1 Å². The summed E-state index contributed by atoms with van der Waals surface area (Å²) in [7, 11) is 3.40. The molecule has 0 bridgehead atoms. The maximum Gasteiger partial charge on any atom is 0.306 e. The second-order valence-electron chi connectivity index (χ2n) is 3.70. The summed E-state index contributed by atoms with van der Waals surface area (Å²) in [5.74, 6) is -0.162. The molecule has 88 valence electrons. The van der Waals surface area contributed by atoms with E-state index in [4.69, 9.17) is 0 Å². The van der Waals surface area contributed by atoms with E-state index in [2.05, 4.69) is 14.6 Å². The van der Waals surface area contributed by atoms with Crippen LogP contribution in [-0.2, 0) is 16.0 Å². The molecule has 4 nitrogen and oxygen atoms in total. The second-order valence-corrected chi connectivity index (χ2v) is 3.70. The minimum absolute atomic E-state index is 0.162. The van der Waals surface area contributed by atoms with Crippen LogP contribution in [0.25, 0.3) is 0 Å². The number of hydrogen-bond donors (Lipinski definition) is 0. The van der Waals surface area contributed by atoms with Gasteiger partial charge in [-0.15, -0.1) is 0 Å². The highest BCUT2D eigenvalue weighted by Crippen LogP contribution is 1.97. The molecular weight excluding hydrogens is 204 g/mol. The van der Waals surface area contributed by atoms with Crippen molar-refractivity contribution in [1.29, 1.82) is 0 Å². The fourth-order valence-corrected chi connectivity index (χ4v) is 1.35. The fraction of sp³-hybridized carbons (Fsp3) is 0.500. The minimum atomic E-state index is -0.162. The van der Waals surface area contributed by atoms with E-state index in [0.717, 1.165) is 25.2 Å². The monoisotopic (exact) mass is 222 g/mol. The highest BCUT2D eigenvalue weighted by molar-refractivity contribution is 5.69. The number of pyridine rings is 1. The van der Waals surface area contributed by atoms with Crippen molar-refractivity contribution in [2.45, 2.75) is 12.8 Å². The number of hydrogen-bond acceptors (Lipinski definition) is 4. The highest BCUT2D eigenvalue weighted by Gasteiger charge is 2.04. The summed E-state index contributed by atoms with van der Waals surface area (Å²) in [4.78, 5) is 17.3. The first kappa shape index (κ1) is 12.6. The van der Waals surface area contributed by atoms with E-state index < -0.39 is 0 Å². The highest BCUT2D eigenvalue weighted by atomic mass is 16.5. The molecular formula is C12H18N2O2. The average Bonchev–Trinajstić information content (AvgIpc) is 2.34. The summed E-state index contributed by atoms with van der Waals surface area (Å²) in [5.41, 5.74) is 1.08. The van der Waals surface area contributed by atoms with Crippen LogP contribution >= 0.6 is 0 Å². The van der Waals surface area contributed by atoms with Crippen LogP contribution in [0.15, 0.2) is 24.4 Å². The molecule has 0 fully saturated rings. The summed E-state index contributed by atoms with van der Waals surface area (Å²) in [6.07, 6.45) is 3.14. The van der Waals surface area contributed by atoms with E-state index in [1.165, 1.54) is 7.11 Å². The van der Waals surface area contributed by atoms with Gasteiger partial charge in [0, 0.05) is 31.4 Å². The van der Waals surface area contributed by atoms with E-state index >= 15 is 0 Å². The van der Waals surface area contributed by atoms with Gasteiger partial charge in [0.15, 0.2) is 0 Å². The molecule has 1 heterocycles. The van der Waals surface area contributed by atoms with Crippen LogP contribution in [0.2, 0.25) is 0 Å². The Kier molecular flexibility index (Phi) is 5.50. The Labute approximate surface area is 96.2 Å². The molecule has 0 atom stereocenters. The number of carbonyl (C=O) groups is 1. The lowest BCUT2D eigenvalue weighted by molar-refractivity contribution is -0.140. The molecule has 1 aromatic heterocycles. The molecule has 0 unspecified atom stereocenters. The third-order valence-electron chi connectivity index (χ3n) is 2.40. The van der Waals surface area contributed by atoms with Crippen molar-refractivity contribution in [3.05, 3.63) is 30.1 Å². The molecule has 0 saturated heterocycles. The first-order chi connectivity index (χ1) is 7.72. The van der Waals surface area contributed by atoms with E-state index in [1.54, 1.807) is 6.20 Å². The minimum Gasteiger partial charge on any atom is -0.469 e. The van der Waals surface area contributed by atoms with Crippen molar-refractivity contribution in [3.8, 4) is 0 Å². The molecule has 1 aromatic rings. The standard InChI is InChI=1S/C12H18N2O2/c1-14(10-7-12(15)16-2)9-6-11-5-3-4-8-13-11/h3-5,8H,6-7,9-10H2,1-2H3. The van der Waals surface area contributed by atoms with Gasteiger partial charge in [-0.1, -0.05) is 6.07 Å². The Morgan fingerprint density at radius 1 is 1.44 bits per heavy atom. The zero-order valence-corrected chi connectivity index (χ0v) is 9.85.